The van der Waals surface area contributed by atoms with E-state index in [1.54, 1.807) is 14.2 Å². The molecule has 3 heteroatoms. The second kappa shape index (κ2) is 6.98. The van der Waals surface area contributed by atoms with Gasteiger partial charge in [-0.1, -0.05) is 19.9 Å². The third-order valence-corrected chi connectivity index (χ3v) is 3.73. The standard InChI is InChI=1S/C17H29NO2/c1-12(11-18-17(3,4)5)13(2)16-14(19-6)9-8-10-15(16)20-7/h8-10,12-13,18H,11H2,1-7H3. The van der Waals surface area contributed by atoms with Gasteiger partial charge in [0.15, 0.2) is 0 Å². The van der Waals surface area contributed by atoms with E-state index in [0.717, 1.165) is 23.6 Å². The van der Waals surface area contributed by atoms with Crippen LogP contribution in [-0.4, -0.2) is 26.3 Å². The van der Waals surface area contributed by atoms with Crippen LogP contribution in [0.1, 0.15) is 46.1 Å². The monoisotopic (exact) mass is 279 g/mol. The van der Waals surface area contributed by atoms with Crippen molar-refractivity contribution in [2.45, 2.75) is 46.1 Å². The van der Waals surface area contributed by atoms with Gasteiger partial charge in [-0.2, -0.15) is 0 Å². The topological polar surface area (TPSA) is 30.5 Å². The maximum atomic E-state index is 5.50. The molecule has 0 aliphatic carbocycles. The summed E-state index contributed by atoms with van der Waals surface area (Å²) < 4.78 is 11.0. The fraction of sp³-hybridized carbons (Fsp3) is 0.647. The van der Waals surface area contributed by atoms with E-state index in [1.807, 2.05) is 18.2 Å². The SMILES string of the molecule is COc1cccc(OC)c1C(C)C(C)CNC(C)(C)C. The first-order chi connectivity index (χ1) is 9.30. The lowest BCUT2D eigenvalue weighted by Gasteiger charge is -2.28. The zero-order chi connectivity index (χ0) is 15.3. The zero-order valence-electron chi connectivity index (χ0n) is 13.9. The van der Waals surface area contributed by atoms with Crippen LogP contribution in [0.3, 0.4) is 0 Å². The van der Waals surface area contributed by atoms with Crippen molar-refractivity contribution in [2.24, 2.45) is 5.92 Å². The van der Waals surface area contributed by atoms with E-state index in [-0.39, 0.29) is 5.54 Å². The lowest BCUT2D eigenvalue weighted by molar-refractivity contribution is 0.338. The molecule has 0 aliphatic heterocycles. The van der Waals surface area contributed by atoms with Gasteiger partial charge >= 0.3 is 0 Å². The van der Waals surface area contributed by atoms with Gasteiger partial charge in [0, 0.05) is 11.1 Å². The summed E-state index contributed by atoms with van der Waals surface area (Å²) in [5, 5.41) is 3.57. The lowest BCUT2D eigenvalue weighted by Crippen LogP contribution is -2.39. The minimum atomic E-state index is 0.138. The molecule has 1 rings (SSSR count). The van der Waals surface area contributed by atoms with Gasteiger partial charge in [0.2, 0.25) is 0 Å². The first-order valence-electron chi connectivity index (χ1n) is 7.26. The van der Waals surface area contributed by atoms with Crippen molar-refractivity contribution >= 4 is 0 Å². The largest absolute Gasteiger partial charge is 0.496 e. The van der Waals surface area contributed by atoms with E-state index < -0.39 is 0 Å². The highest BCUT2D eigenvalue weighted by atomic mass is 16.5. The first-order valence-corrected chi connectivity index (χ1v) is 7.26. The Balaban J connectivity index is 2.93. The Labute approximate surface area is 123 Å². The van der Waals surface area contributed by atoms with Crippen molar-refractivity contribution < 1.29 is 9.47 Å². The fourth-order valence-corrected chi connectivity index (χ4v) is 2.26. The Morgan fingerprint density at radius 1 is 1.05 bits per heavy atom. The van der Waals surface area contributed by atoms with Gasteiger partial charge in [-0.3, -0.25) is 0 Å². The van der Waals surface area contributed by atoms with Crippen molar-refractivity contribution in [3.8, 4) is 11.5 Å². The van der Waals surface area contributed by atoms with Crippen LogP contribution < -0.4 is 14.8 Å². The second-order valence-corrected chi connectivity index (χ2v) is 6.47. The molecule has 2 atom stereocenters. The van der Waals surface area contributed by atoms with Crippen molar-refractivity contribution in [3.05, 3.63) is 23.8 Å². The molecule has 0 heterocycles. The van der Waals surface area contributed by atoms with Crippen molar-refractivity contribution in [2.75, 3.05) is 20.8 Å². The van der Waals surface area contributed by atoms with Crippen LogP contribution in [0, 0.1) is 5.92 Å². The summed E-state index contributed by atoms with van der Waals surface area (Å²) in [4.78, 5) is 0. The molecule has 0 bridgehead atoms. The predicted molar refractivity (Wildman–Crippen MR) is 84.9 cm³/mol. The Hall–Kier alpha value is -1.22. The molecule has 114 valence electrons. The molecule has 0 saturated heterocycles. The summed E-state index contributed by atoms with van der Waals surface area (Å²) in [7, 11) is 3.42. The number of rotatable bonds is 6. The molecule has 3 nitrogen and oxygen atoms in total. The summed E-state index contributed by atoms with van der Waals surface area (Å²) in [5.74, 6) is 2.65. The van der Waals surface area contributed by atoms with Crippen LogP contribution in [-0.2, 0) is 0 Å². The summed E-state index contributed by atoms with van der Waals surface area (Å²) >= 11 is 0. The number of hydrogen-bond donors (Lipinski definition) is 1. The molecule has 1 N–H and O–H groups in total. The quantitative estimate of drug-likeness (QED) is 0.858. The smallest absolute Gasteiger partial charge is 0.126 e. The number of benzene rings is 1. The van der Waals surface area contributed by atoms with Crippen LogP contribution in [0.4, 0.5) is 0 Å². The molecule has 20 heavy (non-hydrogen) atoms. The summed E-state index contributed by atoms with van der Waals surface area (Å²) in [6.07, 6.45) is 0. The predicted octanol–water partition coefficient (Wildman–Crippen LogP) is 3.83. The molecule has 2 unspecified atom stereocenters. The minimum absolute atomic E-state index is 0.138. The number of ether oxygens (including phenoxy) is 2. The zero-order valence-corrected chi connectivity index (χ0v) is 13.9. The highest BCUT2D eigenvalue weighted by molar-refractivity contribution is 5.47. The van der Waals surface area contributed by atoms with Crippen molar-refractivity contribution in [1.82, 2.24) is 5.32 Å². The average Bonchev–Trinajstić information content (AvgIpc) is 2.42. The molecule has 1 aromatic rings. The van der Waals surface area contributed by atoms with Gasteiger partial charge < -0.3 is 14.8 Å². The third kappa shape index (κ3) is 4.41. The molecule has 0 fully saturated rings. The maximum Gasteiger partial charge on any atom is 0.126 e. The van der Waals surface area contributed by atoms with E-state index in [9.17, 15) is 0 Å². The van der Waals surface area contributed by atoms with E-state index in [4.69, 9.17) is 9.47 Å². The molecule has 0 aliphatic rings. The molecule has 0 aromatic heterocycles. The highest BCUT2D eigenvalue weighted by Crippen LogP contribution is 2.38. The summed E-state index contributed by atoms with van der Waals surface area (Å²) in [6, 6.07) is 5.96. The van der Waals surface area contributed by atoms with Gasteiger partial charge in [-0.25, -0.2) is 0 Å². The summed E-state index contributed by atoms with van der Waals surface area (Å²) in [5.41, 5.74) is 1.29. The van der Waals surface area contributed by atoms with Crippen LogP contribution in [0.15, 0.2) is 18.2 Å². The molecule has 0 radical (unpaired) electrons. The third-order valence-electron chi connectivity index (χ3n) is 3.73. The molecule has 0 saturated carbocycles. The van der Waals surface area contributed by atoms with E-state index in [0.29, 0.717) is 11.8 Å². The Morgan fingerprint density at radius 2 is 1.55 bits per heavy atom. The first kappa shape index (κ1) is 16.8. The van der Waals surface area contributed by atoms with E-state index in [1.165, 1.54) is 0 Å². The Morgan fingerprint density at radius 3 is 1.95 bits per heavy atom. The second-order valence-electron chi connectivity index (χ2n) is 6.47. The van der Waals surface area contributed by atoms with Crippen LogP contribution in [0.5, 0.6) is 11.5 Å². The van der Waals surface area contributed by atoms with Crippen LogP contribution in [0.2, 0.25) is 0 Å². The maximum absolute atomic E-state index is 5.50. The Bertz CT molecular complexity index is 401. The van der Waals surface area contributed by atoms with Crippen LogP contribution >= 0.6 is 0 Å². The van der Waals surface area contributed by atoms with Gasteiger partial charge in [0.05, 0.1) is 14.2 Å². The molecule has 0 amide bonds. The fourth-order valence-electron chi connectivity index (χ4n) is 2.26. The van der Waals surface area contributed by atoms with E-state index in [2.05, 4.69) is 39.9 Å². The molecule has 1 aromatic carbocycles. The lowest BCUT2D eigenvalue weighted by atomic mass is 9.87. The van der Waals surface area contributed by atoms with E-state index >= 15 is 0 Å². The molecular weight excluding hydrogens is 250 g/mol. The average molecular weight is 279 g/mol. The van der Waals surface area contributed by atoms with Gasteiger partial charge in [-0.05, 0) is 51.3 Å². The van der Waals surface area contributed by atoms with Crippen LogP contribution in [0.25, 0.3) is 0 Å². The number of nitrogens with one attached hydrogen (secondary N) is 1. The normalized spacial score (nSPS) is 14.8. The van der Waals surface area contributed by atoms with Gasteiger partial charge in [-0.15, -0.1) is 0 Å². The molecular formula is C17H29NO2. The highest BCUT2D eigenvalue weighted by Gasteiger charge is 2.23. The number of methoxy groups -OCH3 is 2. The van der Waals surface area contributed by atoms with Gasteiger partial charge in [0.25, 0.3) is 0 Å². The summed E-state index contributed by atoms with van der Waals surface area (Å²) in [6.45, 7) is 12.0. The minimum Gasteiger partial charge on any atom is -0.496 e. The van der Waals surface area contributed by atoms with Gasteiger partial charge in [0.1, 0.15) is 11.5 Å². The van der Waals surface area contributed by atoms with Crippen molar-refractivity contribution in [3.63, 3.8) is 0 Å². The Kier molecular flexibility index (Phi) is 5.88. The number of hydrogen-bond acceptors (Lipinski definition) is 3. The molecule has 0 spiro atoms. The van der Waals surface area contributed by atoms with Crippen molar-refractivity contribution in [1.29, 1.82) is 0 Å².